The summed E-state index contributed by atoms with van der Waals surface area (Å²) >= 11 is 5.85. The van der Waals surface area contributed by atoms with Gasteiger partial charge in [-0.25, -0.2) is 0 Å². The van der Waals surface area contributed by atoms with Gasteiger partial charge in [0.15, 0.2) is 0 Å². The SMILES string of the molecule is CC(CO)Oc1ccc(-c2ccc(Cl)cc2)cc1. The number of hydrogen-bond acceptors (Lipinski definition) is 2. The number of aliphatic hydroxyl groups excluding tert-OH is 1. The van der Waals surface area contributed by atoms with E-state index in [4.69, 9.17) is 21.4 Å². The molecule has 0 saturated heterocycles. The molecule has 0 heterocycles. The van der Waals surface area contributed by atoms with Crippen molar-refractivity contribution in [3.05, 3.63) is 53.6 Å². The summed E-state index contributed by atoms with van der Waals surface area (Å²) in [6, 6.07) is 15.5. The summed E-state index contributed by atoms with van der Waals surface area (Å²) in [4.78, 5) is 0. The molecule has 0 fully saturated rings. The van der Waals surface area contributed by atoms with Crippen LogP contribution in [0.3, 0.4) is 0 Å². The van der Waals surface area contributed by atoms with Crippen LogP contribution in [0.4, 0.5) is 0 Å². The minimum Gasteiger partial charge on any atom is -0.488 e. The molecule has 2 aromatic carbocycles. The molecule has 0 spiro atoms. The normalized spacial score (nSPS) is 12.2. The monoisotopic (exact) mass is 262 g/mol. The van der Waals surface area contributed by atoms with Crippen molar-refractivity contribution in [1.29, 1.82) is 0 Å². The predicted octanol–water partition coefficient (Wildman–Crippen LogP) is 3.77. The van der Waals surface area contributed by atoms with Gasteiger partial charge in [0.05, 0.1) is 6.61 Å². The lowest BCUT2D eigenvalue weighted by Crippen LogP contribution is -2.15. The first-order valence-corrected chi connectivity index (χ1v) is 6.20. The molecule has 0 aliphatic carbocycles. The molecule has 2 rings (SSSR count). The van der Waals surface area contributed by atoms with Gasteiger partial charge in [0, 0.05) is 5.02 Å². The Balaban J connectivity index is 2.14. The van der Waals surface area contributed by atoms with E-state index in [-0.39, 0.29) is 12.7 Å². The van der Waals surface area contributed by atoms with E-state index < -0.39 is 0 Å². The Morgan fingerprint density at radius 2 is 1.50 bits per heavy atom. The third-order valence-electron chi connectivity index (χ3n) is 2.63. The number of aliphatic hydroxyl groups is 1. The van der Waals surface area contributed by atoms with Crippen LogP contribution in [0.2, 0.25) is 5.02 Å². The van der Waals surface area contributed by atoms with Crippen LogP contribution < -0.4 is 4.74 Å². The Morgan fingerprint density at radius 1 is 1.00 bits per heavy atom. The smallest absolute Gasteiger partial charge is 0.119 e. The van der Waals surface area contributed by atoms with Gasteiger partial charge in [0.1, 0.15) is 11.9 Å². The maximum Gasteiger partial charge on any atom is 0.119 e. The van der Waals surface area contributed by atoms with E-state index in [9.17, 15) is 0 Å². The molecule has 2 aromatic rings. The quantitative estimate of drug-likeness (QED) is 0.909. The van der Waals surface area contributed by atoms with Crippen LogP contribution >= 0.6 is 11.6 Å². The van der Waals surface area contributed by atoms with Gasteiger partial charge >= 0.3 is 0 Å². The fourth-order valence-corrected chi connectivity index (χ4v) is 1.76. The van der Waals surface area contributed by atoms with E-state index in [1.54, 1.807) is 0 Å². The highest BCUT2D eigenvalue weighted by molar-refractivity contribution is 6.30. The third-order valence-corrected chi connectivity index (χ3v) is 2.88. The van der Waals surface area contributed by atoms with Crippen LogP contribution in [0.25, 0.3) is 11.1 Å². The standard InChI is InChI=1S/C15H15ClO2/c1-11(10-17)18-15-8-4-13(5-9-15)12-2-6-14(16)7-3-12/h2-9,11,17H,10H2,1H3. The lowest BCUT2D eigenvalue weighted by Gasteiger charge is -2.12. The van der Waals surface area contributed by atoms with Crippen LogP contribution in [0.1, 0.15) is 6.92 Å². The first-order chi connectivity index (χ1) is 8.69. The topological polar surface area (TPSA) is 29.5 Å². The molecular weight excluding hydrogens is 248 g/mol. The third kappa shape index (κ3) is 3.25. The van der Waals surface area contributed by atoms with Crippen molar-refractivity contribution in [3.8, 4) is 16.9 Å². The largest absolute Gasteiger partial charge is 0.488 e. The molecule has 0 saturated carbocycles. The molecule has 0 amide bonds. The Labute approximate surface area is 112 Å². The van der Waals surface area contributed by atoms with Crippen molar-refractivity contribution >= 4 is 11.6 Å². The molecule has 2 nitrogen and oxygen atoms in total. The van der Waals surface area contributed by atoms with Crippen molar-refractivity contribution < 1.29 is 9.84 Å². The van der Waals surface area contributed by atoms with Gasteiger partial charge in [-0.3, -0.25) is 0 Å². The summed E-state index contributed by atoms with van der Waals surface area (Å²) in [5, 5.41) is 9.65. The lowest BCUT2D eigenvalue weighted by atomic mass is 10.1. The Kier molecular flexibility index (Phi) is 4.24. The molecule has 1 unspecified atom stereocenters. The zero-order chi connectivity index (χ0) is 13.0. The molecule has 0 aliphatic rings. The maximum absolute atomic E-state index is 8.92. The fraction of sp³-hybridized carbons (Fsp3) is 0.200. The highest BCUT2D eigenvalue weighted by Crippen LogP contribution is 2.24. The average molecular weight is 263 g/mol. The van der Waals surface area contributed by atoms with E-state index in [1.807, 2.05) is 55.5 Å². The van der Waals surface area contributed by atoms with Gasteiger partial charge in [-0.05, 0) is 42.3 Å². The van der Waals surface area contributed by atoms with Gasteiger partial charge < -0.3 is 9.84 Å². The van der Waals surface area contributed by atoms with Crippen molar-refractivity contribution in [1.82, 2.24) is 0 Å². The minimum absolute atomic E-state index is 0.0128. The first-order valence-electron chi connectivity index (χ1n) is 5.82. The highest BCUT2D eigenvalue weighted by atomic mass is 35.5. The van der Waals surface area contributed by atoms with Gasteiger partial charge in [-0.2, -0.15) is 0 Å². The van der Waals surface area contributed by atoms with E-state index in [1.165, 1.54) is 0 Å². The minimum atomic E-state index is -0.189. The van der Waals surface area contributed by atoms with E-state index in [2.05, 4.69) is 0 Å². The van der Waals surface area contributed by atoms with Gasteiger partial charge in [0.2, 0.25) is 0 Å². The molecule has 3 heteroatoms. The summed E-state index contributed by atoms with van der Waals surface area (Å²) in [6.45, 7) is 1.84. The lowest BCUT2D eigenvalue weighted by molar-refractivity contribution is 0.130. The van der Waals surface area contributed by atoms with Crippen molar-refractivity contribution in [2.75, 3.05) is 6.61 Å². The fourth-order valence-electron chi connectivity index (χ4n) is 1.64. The molecule has 0 bridgehead atoms. The molecule has 0 aliphatic heterocycles. The van der Waals surface area contributed by atoms with E-state index in [0.29, 0.717) is 0 Å². The molecule has 1 atom stereocenters. The van der Waals surface area contributed by atoms with Gasteiger partial charge in [-0.1, -0.05) is 35.9 Å². The first kappa shape index (κ1) is 12.9. The van der Waals surface area contributed by atoms with Crippen LogP contribution in [0, 0.1) is 0 Å². The Hall–Kier alpha value is -1.51. The highest BCUT2D eigenvalue weighted by Gasteiger charge is 2.02. The molecule has 18 heavy (non-hydrogen) atoms. The average Bonchev–Trinajstić information content (AvgIpc) is 2.40. The predicted molar refractivity (Wildman–Crippen MR) is 74.1 cm³/mol. The van der Waals surface area contributed by atoms with Crippen LogP contribution in [-0.4, -0.2) is 17.8 Å². The number of halogens is 1. The Morgan fingerprint density at radius 3 is 2.00 bits per heavy atom. The second kappa shape index (κ2) is 5.89. The molecule has 0 radical (unpaired) electrons. The second-order valence-corrected chi connectivity index (χ2v) is 4.58. The number of ether oxygens (including phenoxy) is 1. The summed E-state index contributed by atoms with van der Waals surface area (Å²) in [7, 11) is 0. The zero-order valence-corrected chi connectivity index (χ0v) is 10.9. The van der Waals surface area contributed by atoms with Crippen molar-refractivity contribution in [2.24, 2.45) is 0 Å². The van der Waals surface area contributed by atoms with Crippen molar-refractivity contribution in [2.45, 2.75) is 13.0 Å². The molecule has 1 N–H and O–H groups in total. The van der Waals surface area contributed by atoms with Crippen LogP contribution in [0.15, 0.2) is 48.5 Å². The van der Waals surface area contributed by atoms with Crippen LogP contribution in [-0.2, 0) is 0 Å². The number of hydrogen-bond donors (Lipinski definition) is 1. The van der Waals surface area contributed by atoms with Gasteiger partial charge in [-0.15, -0.1) is 0 Å². The van der Waals surface area contributed by atoms with E-state index in [0.717, 1.165) is 21.9 Å². The Bertz CT molecular complexity index is 491. The molecular formula is C15H15ClO2. The summed E-state index contributed by atoms with van der Waals surface area (Å²) in [6.07, 6.45) is -0.189. The number of benzene rings is 2. The van der Waals surface area contributed by atoms with Crippen molar-refractivity contribution in [3.63, 3.8) is 0 Å². The van der Waals surface area contributed by atoms with E-state index >= 15 is 0 Å². The number of rotatable bonds is 4. The zero-order valence-electron chi connectivity index (χ0n) is 10.1. The maximum atomic E-state index is 8.92. The molecule has 0 aromatic heterocycles. The van der Waals surface area contributed by atoms with Gasteiger partial charge in [0.25, 0.3) is 0 Å². The van der Waals surface area contributed by atoms with Crippen LogP contribution in [0.5, 0.6) is 5.75 Å². The summed E-state index contributed by atoms with van der Waals surface area (Å²) in [5.74, 6) is 0.759. The summed E-state index contributed by atoms with van der Waals surface area (Å²) < 4.78 is 5.50. The molecule has 94 valence electrons. The summed E-state index contributed by atoms with van der Waals surface area (Å²) in [5.41, 5.74) is 2.22. The second-order valence-electron chi connectivity index (χ2n) is 4.14.